The Morgan fingerprint density at radius 3 is 2.89 bits per heavy atom. The molecule has 0 atom stereocenters. The van der Waals surface area contributed by atoms with Gasteiger partial charge in [-0.3, -0.25) is 4.79 Å². The predicted molar refractivity (Wildman–Crippen MR) is 73.5 cm³/mol. The molecule has 2 rings (SSSR count). The first kappa shape index (κ1) is 13.1. The molecular weight excluding hydrogens is 224 g/mol. The predicted octanol–water partition coefficient (Wildman–Crippen LogP) is 1.80. The fourth-order valence-corrected chi connectivity index (χ4v) is 1.95. The molecule has 3 heteroatoms. The number of nitrogens with one attached hydrogen (secondary N) is 2. The maximum absolute atomic E-state index is 11.4. The van der Waals surface area contributed by atoms with Gasteiger partial charge in [0.15, 0.2) is 0 Å². The molecule has 18 heavy (non-hydrogen) atoms. The lowest BCUT2D eigenvalue weighted by Gasteiger charge is -2.06. The van der Waals surface area contributed by atoms with E-state index in [1.807, 2.05) is 0 Å². The summed E-state index contributed by atoms with van der Waals surface area (Å²) in [6.45, 7) is 3.81. The zero-order valence-electron chi connectivity index (χ0n) is 11.0. The standard InChI is InChI=1S/C15H22N2O/c1-12-3-2-4-13(11-12)7-9-16-10-8-15(18)17-14-5-6-14/h2-4,11,14,16H,5-10H2,1H3,(H,17,18). The van der Waals surface area contributed by atoms with E-state index in [2.05, 4.69) is 41.8 Å². The molecule has 0 radical (unpaired) electrons. The number of hydrogen-bond donors (Lipinski definition) is 2. The molecule has 0 spiro atoms. The smallest absolute Gasteiger partial charge is 0.221 e. The summed E-state index contributed by atoms with van der Waals surface area (Å²) in [5.74, 6) is 0.181. The highest BCUT2D eigenvalue weighted by Gasteiger charge is 2.22. The largest absolute Gasteiger partial charge is 0.353 e. The van der Waals surface area contributed by atoms with Crippen LogP contribution in [0.3, 0.4) is 0 Å². The van der Waals surface area contributed by atoms with Gasteiger partial charge in [-0.05, 0) is 38.3 Å². The first-order valence-corrected chi connectivity index (χ1v) is 6.79. The van der Waals surface area contributed by atoms with Crippen LogP contribution >= 0.6 is 0 Å². The third-order valence-electron chi connectivity index (χ3n) is 3.14. The van der Waals surface area contributed by atoms with Gasteiger partial charge in [-0.15, -0.1) is 0 Å². The summed E-state index contributed by atoms with van der Waals surface area (Å²) < 4.78 is 0. The van der Waals surface area contributed by atoms with Crippen molar-refractivity contribution < 1.29 is 4.79 Å². The molecule has 0 aromatic heterocycles. The van der Waals surface area contributed by atoms with Crippen LogP contribution in [0.15, 0.2) is 24.3 Å². The highest BCUT2D eigenvalue weighted by Crippen LogP contribution is 2.18. The minimum absolute atomic E-state index is 0.181. The van der Waals surface area contributed by atoms with E-state index in [9.17, 15) is 4.79 Å². The number of benzene rings is 1. The Morgan fingerprint density at radius 1 is 1.33 bits per heavy atom. The Morgan fingerprint density at radius 2 is 2.17 bits per heavy atom. The van der Waals surface area contributed by atoms with Crippen molar-refractivity contribution in [2.75, 3.05) is 13.1 Å². The molecule has 0 unspecified atom stereocenters. The zero-order valence-corrected chi connectivity index (χ0v) is 11.0. The summed E-state index contributed by atoms with van der Waals surface area (Å²) in [5, 5.41) is 6.31. The summed E-state index contributed by atoms with van der Waals surface area (Å²) in [7, 11) is 0. The first-order valence-electron chi connectivity index (χ1n) is 6.79. The Bertz CT molecular complexity index is 399. The van der Waals surface area contributed by atoms with Crippen LogP contribution < -0.4 is 10.6 Å². The van der Waals surface area contributed by atoms with Crippen molar-refractivity contribution in [2.24, 2.45) is 0 Å². The summed E-state index contributed by atoms with van der Waals surface area (Å²) in [6.07, 6.45) is 3.93. The second-order valence-corrected chi connectivity index (χ2v) is 5.08. The van der Waals surface area contributed by atoms with Crippen molar-refractivity contribution in [3.05, 3.63) is 35.4 Å². The monoisotopic (exact) mass is 246 g/mol. The number of carbonyl (C=O) groups is 1. The van der Waals surface area contributed by atoms with Gasteiger partial charge in [0.1, 0.15) is 0 Å². The molecule has 1 saturated carbocycles. The normalized spacial score (nSPS) is 14.5. The van der Waals surface area contributed by atoms with E-state index in [0.717, 1.165) is 32.4 Å². The zero-order chi connectivity index (χ0) is 12.8. The molecule has 0 bridgehead atoms. The summed E-state index contributed by atoms with van der Waals surface area (Å²) in [4.78, 5) is 11.4. The van der Waals surface area contributed by atoms with Gasteiger partial charge in [-0.1, -0.05) is 29.8 Å². The first-order chi connectivity index (χ1) is 8.74. The van der Waals surface area contributed by atoms with Crippen molar-refractivity contribution in [2.45, 2.75) is 38.6 Å². The molecule has 0 heterocycles. The maximum atomic E-state index is 11.4. The molecule has 98 valence electrons. The number of rotatable bonds is 7. The number of hydrogen-bond acceptors (Lipinski definition) is 2. The molecule has 3 nitrogen and oxygen atoms in total. The lowest BCUT2D eigenvalue weighted by atomic mass is 10.1. The van der Waals surface area contributed by atoms with E-state index in [1.165, 1.54) is 11.1 Å². The summed E-state index contributed by atoms with van der Waals surface area (Å²) in [5.41, 5.74) is 2.65. The molecular formula is C15H22N2O. The Hall–Kier alpha value is -1.35. The van der Waals surface area contributed by atoms with E-state index < -0.39 is 0 Å². The van der Waals surface area contributed by atoms with Crippen LogP contribution in [0.5, 0.6) is 0 Å². The average molecular weight is 246 g/mol. The lowest BCUT2D eigenvalue weighted by molar-refractivity contribution is -0.121. The van der Waals surface area contributed by atoms with Crippen LogP contribution in [-0.2, 0) is 11.2 Å². The number of aryl methyl sites for hydroxylation is 1. The average Bonchev–Trinajstić information content (AvgIpc) is 3.12. The molecule has 1 aromatic carbocycles. The van der Waals surface area contributed by atoms with E-state index in [4.69, 9.17) is 0 Å². The van der Waals surface area contributed by atoms with E-state index in [-0.39, 0.29) is 5.91 Å². The molecule has 0 saturated heterocycles. The third-order valence-corrected chi connectivity index (χ3v) is 3.14. The molecule has 2 N–H and O–H groups in total. The van der Waals surface area contributed by atoms with Gasteiger partial charge in [0.05, 0.1) is 0 Å². The molecule has 1 aliphatic rings. The fourth-order valence-electron chi connectivity index (χ4n) is 1.95. The van der Waals surface area contributed by atoms with Crippen molar-refractivity contribution in [1.29, 1.82) is 0 Å². The number of carbonyl (C=O) groups excluding carboxylic acids is 1. The van der Waals surface area contributed by atoms with Gasteiger partial charge in [-0.25, -0.2) is 0 Å². The van der Waals surface area contributed by atoms with E-state index in [1.54, 1.807) is 0 Å². The molecule has 0 aliphatic heterocycles. The highest BCUT2D eigenvalue weighted by atomic mass is 16.1. The van der Waals surface area contributed by atoms with Crippen molar-refractivity contribution in [3.8, 4) is 0 Å². The molecule has 1 aromatic rings. The summed E-state index contributed by atoms with van der Waals surface area (Å²) >= 11 is 0. The van der Waals surface area contributed by atoms with Gasteiger partial charge in [-0.2, -0.15) is 0 Å². The van der Waals surface area contributed by atoms with Crippen LogP contribution in [0, 0.1) is 6.92 Å². The van der Waals surface area contributed by atoms with Gasteiger partial charge >= 0.3 is 0 Å². The van der Waals surface area contributed by atoms with Crippen LogP contribution in [0.4, 0.5) is 0 Å². The molecule has 1 aliphatic carbocycles. The van der Waals surface area contributed by atoms with Gasteiger partial charge in [0.25, 0.3) is 0 Å². The molecule has 1 fully saturated rings. The van der Waals surface area contributed by atoms with Crippen LogP contribution in [-0.4, -0.2) is 25.0 Å². The van der Waals surface area contributed by atoms with E-state index >= 15 is 0 Å². The topological polar surface area (TPSA) is 41.1 Å². The summed E-state index contributed by atoms with van der Waals surface area (Å²) in [6, 6.07) is 9.04. The Balaban J connectivity index is 1.54. The minimum Gasteiger partial charge on any atom is -0.353 e. The SMILES string of the molecule is Cc1cccc(CCNCCC(=O)NC2CC2)c1. The fraction of sp³-hybridized carbons (Fsp3) is 0.533. The van der Waals surface area contributed by atoms with E-state index in [0.29, 0.717) is 12.5 Å². The van der Waals surface area contributed by atoms with Gasteiger partial charge in [0.2, 0.25) is 5.91 Å². The van der Waals surface area contributed by atoms with Crippen LogP contribution in [0.1, 0.15) is 30.4 Å². The maximum Gasteiger partial charge on any atom is 0.221 e. The molecule has 1 amide bonds. The number of amides is 1. The second kappa shape index (κ2) is 6.55. The van der Waals surface area contributed by atoms with Gasteiger partial charge in [0, 0.05) is 19.0 Å². The lowest BCUT2D eigenvalue weighted by Crippen LogP contribution is -2.29. The third kappa shape index (κ3) is 4.88. The highest BCUT2D eigenvalue weighted by molar-refractivity contribution is 5.76. The van der Waals surface area contributed by atoms with Crippen LogP contribution in [0.25, 0.3) is 0 Å². The Kier molecular flexibility index (Phi) is 4.76. The van der Waals surface area contributed by atoms with Crippen molar-refractivity contribution in [3.63, 3.8) is 0 Å². The second-order valence-electron chi connectivity index (χ2n) is 5.08. The van der Waals surface area contributed by atoms with Crippen LogP contribution in [0.2, 0.25) is 0 Å². The minimum atomic E-state index is 0.181. The quantitative estimate of drug-likeness (QED) is 0.720. The Labute approximate surface area is 109 Å². The van der Waals surface area contributed by atoms with Crippen molar-refractivity contribution >= 4 is 5.91 Å². The van der Waals surface area contributed by atoms with Gasteiger partial charge < -0.3 is 10.6 Å². The van der Waals surface area contributed by atoms with Crippen molar-refractivity contribution in [1.82, 2.24) is 10.6 Å².